The minimum atomic E-state index is 0.372. The first-order chi connectivity index (χ1) is 5.47. The van der Waals surface area contributed by atoms with Gasteiger partial charge in [-0.15, -0.1) is 5.10 Å². The van der Waals surface area contributed by atoms with E-state index in [1.165, 1.54) is 0 Å². The van der Waals surface area contributed by atoms with Crippen LogP contribution in [0.4, 0.5) is 0 Å². The van der Waals surface area contributed by atoms with Crippen molar-refractivity contribution >= 4 is 22.6 Å². The summed E-state index contributed by atoms with van der Waals surface area (Å²) in [5.74, 6) is 0. The first-order valence-corrected chi connectivity index (χ1v) is 5.10. The highest BCUT2D eigenvalue weighted by molar-refractivity contribution is 14.1. The Bertz CT molecular complexity index is 249. The SMILES string of the molecule is CC(C)(C)CCn1cnc(I)n1. The van der Waals surface area contributed by atoms with E-state index in [1.807, 2.05) is 4.68 Å². The van der Waals surface area contributed by atoms with Gasteiger partial charge in [-0.25, -0.2) is 4.98 Å². The van der Waals surface area contributed by atoms with Gasteiger partial charge in [0.25, 0.3) is 0 Å². The second kappa shape index (κ2) is 3.72. The van der Waals surface area contributed by atoms with Crippen molar-refractivity contribution in [2.75, 3.05) is 0 Å². The molecule has 0 radical (unpaired) electrons. The van der Waals surface area contributed by atoms with Gasteiger partial charge in [0.15, 0.2) is 0 Å². The standard InChI is InChI=1S/C8H14IN3/c1-8(2,3)4-5-12-6-10-7(9)11-12/h6H,4-5H2,1-3H3. The van der Waals surface area contributed by atoms with E-state index in [1.54, 1.807) is 6.33 Å². The van der Waals surface area contributed by atoms with E-state index < -0.39 is 0 Å². The molecule has 68 valence electrons. The van der Waals surface area contributed by atoms with Crippen molar-refractivity contribution in [1.29, 1.82) is 0 Å². The highest BCUT2D eigenvalue weighted by Gasteiger charge is 2.10. The van der Waals surface area contributed by atoms with Gasteiger partial charge in [-0.3, -0.25) is 4.68 Å². The lowest BCUT2D eigenvalue weighted by Crippen LogP contribution is -2.10. The molecule has 3 nitrogen and oxygen atoms in total. The summed E-state index contributed by atoms with van der Waals surface area (Å²) in [6.07, 6.45) is 2.92. The van der Waals surface area contributed by atoms with Crippen LogP contribution in [0.1, 0.15) is 27.2 Å². The summed E-state index contributed by atoms with van der Waals surface area (Å²) in [5, 5.41) is 4.21. The van der Waals surface area contributed by atoms with Crippen LogP contribution in [0.2, 0.25) is 0 Å². The number of hydrogen-bond donors (Lipinski definition) is 0. The fourth-order valence-electron chi connectivity index (χ4n) is 0.830. The van der Waals surface area contributed by atoms with Crippen molar-refractivity contribution in [1.82, 2.24) is 14.8 Å². The number of hydrogen-bond acceptors (Lipinski definition) is 2. The van der Waals surface area contributed by atoms with Crippen molar-refractivity contribution in [3.63, 3.8) is 0 Å². The van der Waals surface area contributed by atoms with Gasteiger partial charge in [-0.05, 0) is 11.8 Å². The molecule has 0 amide bonds. The average Bonchev–Trinajstić information content (AvgIpc) is 2.30. The predicted molar refractivity (Wildman–Crippen MR) is 56.8 cm³/mol. The lowest BCUT2D eigenvalue weighted by molar-refractivity contribution is 0.340. The minimum absolute atomic E-state index is 0.372. The van der Waals surface area contributed by atoms with Crippen LogP contribution in [-0.2, 0) is 6.54 Å². The van der Waals surface area contributed by atoms with Gasteiger partial charge >= 0.3 is 0 Å². The molecule has 1 rings (SSSR count). The lowest BCUT2D eigenvalue weighted by Gasteiger charge is -2.17. The first-order valence-electron chi connectivity index (χ1n) is 4.02. The predicted octanol–water partition coefficient (Wildman–Crippen LogP) is 2.32. The molecule has 1 aromatic heterocycles. The Hall–Kier alpha value is -0.130. The van der Waals surface area contributed by atoms with Crippen LogP contribution in [0, 0.1) is 9.25 Å². The third-order valence-corrected chi connectivity index (χ3v) is 2.09. The fraction of sp³-hybridized carbons (Fsp3) is 0.750. The normalized spacial score (nSPS) is 12.0. The van der Waals surface area contributed by atoms with Gasteiger partial charge in [-0.2, -0.15) is 0 Å². The quantitative estimate of drug-likeness (QED) is 0.778. The second-order valence-corrected chi connectivity index (χ2v) is 5.05. The summed E-state index contributed by atoms with van der Waals surface area (Å²) in [7, 11) is 0. The molecular formula is C8H14IN3. The van der Waals surface area contributed by atoms with Crippen molar-refractivity contribution < 1.29 is 0 Å². The van der Waals surface area contributed by atoms with Crippen LogP contribution < -0.4 is 0 Å². The number of rotatable bonds is 2. The highest BCUT2D eigenvalue weighted by atomic mass is 127. The Balaban J connectivity index is 2.44. The molecule has 0 N–H and O–H groups in total. The monoisotopic (exact) mass is 279 g/mol. The maximum absolute atomic E-state index is 4.21. The summed E-state index contributed by atoms with van der Waals surface area (Å²) in [5.41, 5.74) is 0.372. The van der Waals surface area contributed by atoms with E-state index in [9.17, 15) is 0 Å². The molecule has 1 heterocycles. The first kappa shape index (κ1) is 9.95. The maximum Gasteiger partial charge on any atom is 0.211 e. The number of halogens is 1. The Labute approximate surface area is 86.7 Å². The zero-order valence-corrected chi connectivity index (χ0v) is 9.87. The van der Waals surface area contributed by atoms with E-state index in [4.69, 9.17) is 0 Å². The Morgan fingerprint density at radius 1 is 1.50 bits per heavy atom. The third-order valence-electron chi connectivity index (χ3n) is 1.60. The van der Waals surface area contributed by atoms with Gasteiger partial charge < -0.3 is 0 Å². The molecule has 0 aliphatic carbocycles. The molecule has 0 aliphatic rings. The van der Waals surface area contributed by atoms with Crippen molar-refractivity contribution in [2.24, 2.45) is 5.41 Å². The summed E-state index contributed by atoms with van der Waals surface area (Å²) >= 11 is 2.12. The van der Waals surface area contributed by atoms with Gasteiger partial charge in [0.1, 0.15) is 6.33 Å². The summed E-state index contributed by atoms with van der Waals surface area (Å²) in [6.45, 7) is 7.65. The average molecular weight is 279 g/mol. The Morgan fingerprint density at radius 3 is 2.58 bits per heavy atom. The second-order valence-electron chi connectivity index (χ2n) is 4.09. The fourth-order valence-corrected chi connectivity index (χ4v) is 1.23. The molecule has 0 aromatic carbocycles. The molecule has 0 bridgehead atoms. The molecule has 0 saturated carbocycles. The summed E-state index contributed by atoms with van der Waals surface area (Å²) < 4.78 is 2.72. The summed E-state index contributed by atoms with van der Waals surface area (Å²) in [4.78, 5) is 4.06. The van der Waals surface area contributed by atoms with Crippen LogP contribution in [0.25, 0.3) is 0 Å². The van der Waals surface area contributed by atoms with E-state index in [0.717, 1.165) is 16.8 Å². The van der Waals surface area contributed by atoms with Crippen molar-refractivity contribution in [3.8, 4) is 0 Å². The van der Waals surface area contributed by atoms with Crippen molar-refractivity contribution in [3.05, 3.63) is 10.2 Å². The number of nitrogens with zero attached hydrogens (tertiary/aromatic N) is 3. The molecule has 0 atom stereocenters. The van der Waals surface area contributed by atoms with E-state index in [2.05, 4.69) is 53.4 Å². The van der Waals surface area contributed by atoms with Crippen LogP contribution in [-0.4, -0.2) is 14.8 Å². The Morgan fingerprint density at radius 2 is 2.17 bits per heavy atom. The largest absolute Gasteiger partial charge is 0.252 e. The maximum atomic E-state index is 4.21. The minimum Gasteiger partial charge on any atom is -0.252 e. The molecule has 0 fully saturated rings. The zero-order chi connectivity index (χ0) is 9.19. The molecule has 4 heteroatoms. The van der Waals surface area contributed by atoms with Gasteiger partial charge in [0.2, 0.25) is 3.83 Å². The van der Waals surface area contributed by atoms with E-state index in [-0.39, 0.29) is 0 Å². The van der Waals surface area contributed by atoms with Crippen LogP contribution in [0.15, 0.2) is 6.33 Å². The summed E-state index contributed by atoms with van der Waals surface area (Å²) in [6, 6.07) is 0. The lowest BCUT2D eigenvalue weighted by atomic mass is 9.92. The van der Waals surface area contributed by atoms with Crippen molar-refractivity contribution in [2.45, 2.75) is 33.7 Å². The number of aromatic nitrogens is 3. The molecule has 0 saturated heterocycles. The van der Waals surface area contributed by atoms with Gasteiger partial charge in [0.05, 0.1) is 0 Å². The third kappa shape index (κ3) is 3.51. The zero-order valence-electron chi connectivity index (χ0n) is 7.71. The molecule has 0 spiro atoms. The van der Waals surface area contributed by atoms with Gasteiger partial charge in [-0.1, -0.05) is 20.8 Å². The number of aryl methyl sites for hydroxylation is 1. The molecule has 0 aliphatic heterocycles. The van der Waals surface area contributed by atoms with Crippen LogP contribution in [0.3, 0.4) is 0 Å². The van der Waals surface area contributed by atoms with E-state index in [0.29, 0.717) is 5.41 Å². The van der Waals surface area contributed by atoms with E-state index >= 15 is 0 Å². The topological polar surface area (TPSA) is 30.7 Å². The van der Waals surface area contributed by atoms with Crippen LogP contribution >= 0.6 is 22.6 Å². The van der Waals surface area contributed by atoms with Crippen LogP contribution in [0.5, 0.6) is 0 Å². The smallest absolute Gasteiger partial charge is 0.211 e. The molecule has 1 aromatic rings. The molecule has 0 unspecified atom stereocenters. The molecule has 12 heavy (non-hydrogen) atoms. The van der Waals surface area contributed by atoms with Gasteiger partial charge in [0, 0.05) is 29.1 Å². The highest BCUT2D eigenvalue weighted by Crippen LogP contribution is 2.18. The Kier molecular flexibility index (Phi) is 3.09. The molecular weight excluding hydrogens is 265 g/mol.